The van der Waals surface area contributed by atoms with Crippen LogP contribution in [0.4, 0.5) is 8.78 Å². The van der Waals surface area contributed by atoms with E-state index in [1.165, 1.54) is 18.2 Å². The van der Waals surface area contributed by atoms with Crippen LogP contribution in [-0.4, -0.2) is 0 Å². The van der Waals surface area contributed by atoms with Crippen LogP contribution in [0.15, 0.2) is 30.4 Å². The van der Waals surface area contributed by atoms with Crippen molar-refractivity contribution in [3.05, 3.63) is 47.5 Å². The number of allylic oxidation sites excluding steroid dienone is 2. The molecule has 1 aliphatic carbocycles. The fourth-order valence-corrected chi connectivity index (χ4v) is 1.96. The summed E-state index contributed by atoms with van der Waals surface area (Å²) >= 11 is 0. The summed E-state index contributed by atoms with van der Waals surface area (Å²) in [7, 11) is 0. The molecule has 0 amide bonds. The largest absolute Gasteiger partial charge is 0.207 e. The lowest BCUT2D eigenvalue weighted by atomic mass is 9.79. The van der Waals surface area contributed by atoms with Crippen LogP contribution in [0, 0.1) is 23.0 Å². The van der Waals surface area contributed by atoms with E-state index in [9.17, 15) is 8.78 Å². The Labute approximate surface area is 86.6 Å². The third kappa shape index (κ3) is 1.42. The fraction of sp³-hybridized carbons (Fsp3) is 0.250. The van der Waals surface area contributed by atoms with E-state index >= 15 is 0 Å². The smallest absolute Gasteiger partial charge is 0.130 e. The van der Waals surface area contributed by atoms with Crippen molar-refractivity contribution in [2.45, 2.75) is 18.3 Å². The average molecular weight is 205 g/mol. The summed E-state index contributed by atoms with van der Waals surface area (Å²) in [6, 6.07) is 5.72. The van der Waals surface area contributed by atoms with E-state index in [-0.39, 0.29) is 5.56 Å². The van der Waals surface area contributed by atoms with Crippen molar-refractivity contribution in [2.75, 3.05) is 0 Å². The van der Waals surface area contributed by atoms with Crippen molar-refractivity contribution < 1.29 is 8.78 Å². The summed E-state index contributed by atoms with van der Waals surface area (Å²) in [6.07, 6.45) is 4.33. The van der Waals surface area contributed by atoms with Gasteiger partial charge >= 0.3 is 0 Å². The van der Waals surface area contributed by atoms with Gasteiger partial charge in [0.05, 0.1) is 11.5 Å². The minimum atomic E-state index is -1.05. The molecular formula is C12H9F2N. The topological polar surface area (TPSA) is 23.8 Å². The molecule has 0 heterocycles. The molecule has 0 unspecified atom stereocenters. The Morgan fingerprint density at radius 2 is 1.67 bits per heavy atom. The second kappa shape index (κ2) is 3.47. The molecule has 0 aromatic heterocycles. The molecule has 1 aromatic carbocycles. The fourth-order valence-electron chi connectivity index (χ4n) is 1.96. The Morgan fingerprint density at radius 3 is 2.13 bits per heavy atom. The van der Waals surface area contributed by atoms with Crippen LogP contribution < -0.4 is 0 Å². The highest BCUT2D eigenvalue weighted by atomic mass is 19.1. The second-order valence-corrected chi connectivity index (χ2v) is 3.67. The number of hydrogen-bond donors (Lipinski definition) is 0. The van der Waals surface area contributed by atoms with Gasteiger partial charge in [-0.3, -0.25) is 0 Å². The Bertz CT molecular complexity index is 429. The molecule has 0 fully saturated rings. The normalized spacial score (nSPS) is 17.7. The molecule has 15 heavy (non-hydrogen) atoms. The van der Waals surface area contributed by atoms with E-state index < -0.39 is 17.0 Å². The van der Waals surface area contributed by atoms with Gasteiger partial charge in [-0.05, 0) is 25.0 Å². The van der Waals surface area contributed by atoms with E-state index in [1.54, 1.807) is 12.2 Å². The summed E-state index contributed by atoms with van der Waals surface area (Å²) in [5.74, 6) is -1.28. The molecule has 0 aliphatic heterocycles. The quantitative estimate of drug-likeness (QED) is 0.646. The number of nitriles is 1. The summed E-state index contributed by atoms with van der Waals surface area (Å²) in [5, 5.41) is 9.10. The van der Waals surface area contributed by atoms with Crippen molar-refractivity contribution >= 4 is 0 Å². The first-order valence-corrected chi connectivity index (χ1v) is 4.70. The molecule has 1 nitrogen and oxygen atoms in total. The molecule has 76 valence electrons. The third-order valence-corrected chi connectivity index (χ3v) is 2.75. The van der Waals surface area contributed by atoms with E-state index in [1.807, 2.05) is 6.07 Å². The first-order chi connectivity index (χ1) is 7.19. The highest BCUT2D eigenvalue weighted by Gasteiger charge is 2.37. The van der Waals surface area contributed by atoms with Gasteiger partial charge in [0.2, 0.25) is 0 Å². The lowest BCUT2D eigenvalue weighted by Crippen LogP contribution is -2.23. The van der Waals surface area contributed by atoms with Gasteiger partial charge in [0, 0.05) is 5.56 Å². The van der Waals surface area contributed by atoms with Crippen LogP contribution in [0.25, 0.3) is 0 Å². The zero-order valence-electron chi connectivity index (χ0n) is 8.00. The van der Waals surface area contributed by atoms with Gasteiger partial charge < -0.3 is 0 Å². The van der Waals surface area contributed by atoms with Crippen LogP contribution in [0.3, 0.4) is 0 Å². The lowest BCUT2D eigenvalue weighted by molar-refractivity contribution is 0.481. The molecule has 0 N–H and O–H groups in total. The minimum absolute atomic E-state index is 0.0995. The van der Waals surface area contributed by atoms with Crippen molar-refractivity contribution in [2.24, 2.45) is 0 Å². The van der Waals surface area contributed by atoms with Crippen LogP contribution in [0.5, 0.6) is 0 Å². The van der Waals surface area contributed by atoms with Gasteiger partial charge in [-0.25, -0.2) is 8.78 Å². The van der Waals surface area contributed by atoms with Gasteiger partial charge in [-0.1, -0.05) is 18.2 Å². The highest BCUT2D eigenvalue weighted by molar-refractivity contribution is 5.39. The van der Waals surface area contributed by atoms with Crippen molar-refractivity contribution in [3.8, 4) is 6.07 Å². The molecule has 0 bridgehead atoms. The molecule has 0 atom stereocenters. The molecular weight excluding hydrogens is 196 g/mol. The van der Waals surface area contributed by atoms with Gasteiger partial charge in [-0.15, -0.1) is 0 Å². The summed E-state index contributed by atoms with van der Waals surface area (Å²) in [5.41, 5.74) is -1.15. The molecule has 0 spiro atoms. The summed E-state index contributed by atoms with van der Waals surface area (Å²) in [6.45, 7) is 0. The zero-order valence-corrected chi connectivity index (χ0v) is 8.00. The van der Waals surface area contributed by atoms with Crippen molar-refractivity contribution in [3.63, 3.8) is 0 Å². The van der Waals surface area contributed by atoms with Gasteiger partial charge in [0.25, 0.3) is 0 Å². The predicted octanol–water partition coefficient (Wildman–Crippen LogP) is 3.08. The standard InChI is InChI=1S/C12H9F2N/c13-9-4-3-5-10(14)11(9)12(8-15)6-1-2-7-12/h1-5H,6-7H2. The van der Waals surface area contributed by atoms with Gasteiger partial charge in [-0.2, -0.15) is 5.26 Å². The monoisotopic (exact) mass is 205 g/mol. The van der Waals surface area contributed by atoms with E-state index in [0.29, 0.717) is 12.8 Å². The number of rotatable bonds is 1. The van der Waals surface area contributed by atoms with Gasteiger partial charge in [0.15, 0.2) is 0 Å². The number of nitrogens with zero attached hydrogens (tertiary/aromatic N) is 1. The van der Waals surface area contributed by atoms with E-state index in [2.05, 4.69) is 0 Å². The van der Waals surface area contributed by atoms with Crippen LogP contribution in [0.2, 0.25) is 0 Å². The van der Waals surface area contributed by atoms with E-state index in [0.717, 1.165) is 0 Å². The summed E-state index contributed by atoms with van der Waals surface area (Å²) in [4.78, 5) is 0. The van der Waals surface area contributed by atoms with Crippen molar-refractivity contribution in [1.29, 1.82) is 5.26 Å². The number of halogens is 2. The average Bonchev–Trinajstić information content (AvgIpc) is 2.67. The molecule has 1 aromatic rings. The molecule has 0 saturated carbocycles. The number of benzene rings is 1. The Balaban J connectivity index is 2.58. The van der Waals surface area contributed by atoms with E-state index in [4.69, 9.17) is 5.26 Å². The maximum atomic E-state index is 13.5. The molecule has 0 saturated heterocycles. The first kappa shape index (κ1) is 9.85. The minimum Gasteiger partial charge on any atom is -0.207 e. The zero-order chi connectivity index (χ0) is 10.9. The van der Waals surface area contributed by atoms with Crippen molar-refractivity contribution in [1.82, 2.24) is 0 Å². The SMILES string of the molecule is N#CC1(c2c(F)cccc2F)CC=CC1. The first-order valence-electron chi connectivity index (χ1n) is 4.70. The molecule has 3 heteroatoms. The van der Waals surface area contributed by atoms with Crippen LogP contribution >= 0.6 is 0 Å². The Morgan fingerprint density at radius 1 is 1.13 bits per heavy atom. The van der Waals surface area contributed by atoms with Crippen LogP contribution in [-0.2, 0) is 5.41 Å². The predicted molar refractivity (Wildman–Crippen MR) is 52.0 cm³/mol. The van der Waals surface area contributed by atoms with Gasteiger partial charge in [0.1, 0.15) is 11.6 Å². The second-order valence-electron chi connectivity index (χ2n) is 3.67. The lowest BCUT2D eigenvalue weighted by Gasteiger charge is -2.21. The Hall–Kier alpha value is -1.69. The molecule has 1 aliphatic rings. The molecule has 2 rings (SSSR count). The third-order valence-electron chi connectivity index (χ3n) is 2.75. The highest BCUT2D eigenvalue weighted by Crippen LogP contribution is 2.39. The maximum absolute atomic E-state index is 13.5. The number of hydrogen-bond acceptors (Lipinski definition) is 1. The summed E-state index contributed by atoms with van der Waals surface area (Å²) < 4.78 is 27.0. The Kier molecular flexibility index (Phi) is 2.28. The van der Waals surface area contributed by atoms with Crippen LogP contribution in [0.1, 0.15) is 18.4 Å². The maximum Gasteiger partial charge on any atom is 0.130 e. The molecule has 0 radical (unpaired) electrons.